The van der Waals surface area contributed by atoms with Crippen LogP contribution in [0.3, 0.4) is 0 Å². The lowest BCUT2D eigenvalue weighted by Crippen LogP contribution is -2.25. The molecule has 3 aromatic carbocycles. The van der Waals surface area contributed by atoms with Gasteiger partial charge in [0.05, 0.1) is 45.0 Å². The first kappa shape index (κ1) is 23.7. The van der Waals surface area contributed by atoms with Crippen LogP contribution in [0.25, 0.3) is 11.0 Å². The highest BCUT2D eigenvalue weighted by atomic mass is 35.5. The number of hydrogen-bond acceptors (Lipinski definition) is 4. The molecule has 176 valence electrons. The third-order valence-electron chi connectivity index (χ3n) is 5.02. The number of halogens is 5. The summed E-state index contributed by atoms with van der Waals surface area (Å²) in [6.07, 6.45) is -4.53. The van der Waals surface area contributed by atoms with Crippen molar-refractivity contribution < 1.29 is 22.7 Å². The van der Waals surface area contributed by atoms with Gasteiger partial charge in [-0.05, 0) is 29.8 Å². The van der Waals surface area contributed by atoms with Crippen LogP contribution >= 0.6 is 23.2 Å². The Morgan fingerprint density at radius 2 is 1.79 bits per heavy atom. The van der Waals surface area contributed by atoms with E-state index in [9.17, 15) is 18.0 Å². The number of benzene rings is 3. The fourth-order valence-corrected chi connectivity index (χ4v) is 3.89. The Hall–Kier alpha value is -3.43. The molecule has 0 atom stereocenters. The van der Waals surface area contributed by atoms with Crippen LogP contribution in [0, 0.1) is 0 Å². The second-order valence-electron chi connectivity index (χ2n) is 7.21. The number of nitrogens with zero attached hydrogens (tertiary/aromatic N) is 1. The molecule has 0 fully saturated rings. The quantitative estimate of drug-likeness (QED) is 0.275. The molecule has 3 N–H and O–H groups in total. The number of aromatic nitrogens is 2. The third kappa shape index (κ3) is 4.90. The monoisotopic (exact) mass is 508 g/mol. The van der Waals surface area contributed by atoms with E-state index in [4.69, 9.17) is 27.9 Å². The summed E-state index contributed by atoms with van der Waals surface area (Å²) in [7, 11) is 1.38. The van der Waals surface area contributed by atoms with Gasteiger partial charge in [-0.15, -0.1) is 0 Å². The van der Waals surface area contributed by atoms with Crippen LogP contribution in [-0.2, 0) is 12.7 Å². The van der Waals surface area contributed by atoms with Gasteiger partial charge in [0.2, 0.25) is 5.95 Å². The maximum Gasteiger partial charge on any atom is 0.416 e. The summed E-state index contributed by atoms with van der Waals surface area (Å²) >= 11 is 12.4. The maximum atomic E-state index is 13.2. The molecule has 0 bridgehead atoms. The van der Waals surface area contributed by atoms with Crippen molar-refractivity contribution in [3.63, 3.8) is 0 Å². The van der Waals surface area contributed by atoms with Gasteiger partial charge in [0.1, 0.15) is 5.75 Å². The molecule has 6 nitrogen and oxygen atoms in total. The van der Waals surface area contributed by atoms with Gasteiger partial charge in [-0.3, -0.25) is 4.79 Å². The standard InChI is InChI=1S/C23H17Cl2F3N4O2/c1-34-19-10-18-17(30-22(31-18)32-20-15(24)7-4-8-16(20)25)9-13(19)21(33)29-11-12-5-2-3-6-14(12)23(26,27)28/h2-10H,11H2,1H3,(H,29,33)(H2,30,31,32). The van der Waals surface area contributed by atoms with Gasteiger partial charge < -0.3 is 20.4 Å². The van der Waals surface area contributed by atoms with Gasteiger partial charge in [0.15, 0.2) is 0 Å². The van der Waals surface area contributed by atoms with Gasteiger partial charge in [-0.2, -0.15) is 13.2 Å². The summed E-state index contributed by atoms with van der Waals surface area (Å²) in [6.45, 7) is -0.309. The molecule has 34 heavy (non-hydrogen) atoms. The number of H-pyrrole nitrogens is 1. The van der Waals surface area contributed by atoms with E-state index in [1.807, 2.05) is 0 Å². The highest BCUT2D eigenvalue weighted by Crippen LogP contribution is 2.34. The Morgan fingerprint density at radius 1 is 1.09 bits per heavy atom. The predicted molar refractivity (Wildman–Crippen MR) is 125 cm³/mol. The molecule has 0 aliphatic carbocycles. The molecule has 0 saturated carbocycles. The number of para-hydroxylation sites is 1. The fourth-order valence-electron chi connectivity index (χ4n) is 3.40. The molecule has 0 unspecified atom stereocenters. The lowest BCUT2D eigenvalue weighted by molar-refractivity contribution is -0.138. The zero-order valence-electron chi connectivity index (χ0n) is 17.6. The Kier molecular flexibility index (Phi) is 6.58. The van der Waals surface area contributed by atoms with E-state index < -0.39 is 17.6 Å². The first-order valence-corrected chi connectivity index (χ1v) is 10.6. The second kappa shape index (κ2) is 9.44. The number of fused-ring (bicyclic) bond motifs is 1. The number of amides is 1. The first-order chi connectivity index (χ1) is 16.2. The summed E-state index contributed by atoms with van der Waals surface area (Å²) in [4.78, 5) is 20.3. The zero-order chi connectivity index (χ0) is 24.5. The minimum atomic E-state index is -4.53. The van der Waals surface area contributed by atoms with E-state index in [1.165, 1.54) is 31.4 Å². The number of anilines is 2. The largest absolute Gasteiger partial charge is 0.496 e. The molecule has 0 radical (unpaired) electrons. The summed E-state index contributed by atoms with van der Waals surface area (Å²) in [5, 5.41) is 6.32. The molecule has 0 saturated heterocycles. The Labute approximate surface area is 202 Å². The van der Waals surface area contributed by atoms with Crippen LogP contribution < -0.4 is 15.4 Å². The van der Waals surface area contributed by atoms with Crippen molar-refractivity contribution in [2.45, 2.75) is 12.7 Å². The smallest absolute Gasteiger partial charge is 0.416 e. The molecule has 0 aliphatic heterocycles. The van der Waals surface area contributed by atoms with Crippen molar-refractivity contribution in [2.24, 2.45) is 0 Å². The molecule has 0 spiro atoms. The summed E-state index contributed by atoms with van der Waals surface area (Å²) in [6, 6.07) is 13.2. The number of hydrogen-bond donors (Lipinski definition) is 3. The van der Waals surface area contributed by atoms with Crippen LogP contribution in [0.4, 0.5) is 24.8 Å². The van der Waals surface area contributed by atoms with Gasteiger partial charge in [-0.1, -0.05) is 47.5 Å². The molecule has 1 heterocycles. The van der Waals surface area contributed by atoms with Crippen molar-refractivity contribution >= 4 is 51.8 Å². The van der Waals surface area contributed by atoms with Gasteiger partial charge >= 0.3 is 6.18 Å². The van der Waals surface area contributed by atoms with Gasteiger partial charge in [0.25, 0.3) is 5.91 Å². The molecule has 4 aromatic rings. The predicted octanol–water partition coefficient (Wildman–Crippen LogP) is 6.57. The maximum absolute atomic E-state index is 13.2. The zero-order valence-corrected chi connectivity index (χ0v) is 19.1. The number of carbonyl (C=O) groups excluding carboxylic acids is 1. The summed E-state index contributed by atoms with van der Waals surface area (Å²) < 4.78 is 45.0. The van der Waals surface area contributed by atoms with Crippen LogP contribution in [0.1, 0.15) is 21.5 Å². The number of methoxy groups -OCH3 is 1. The Balaban J connectivity index is 1.60. The number of carbonyl (C=O) groups is 1. The van der Waals surface area contributed by atoms with Crippen molar-refractivity contribution in [3.8, 4) is 5.75 Å². The molecule has 4 rings (SSSR count). The number of imidazole rings is 1. The topological polar surface area (TPSA) is 79.0 Å². The highest BCUT2D eigenvalue weighted by Gasteiger charge is 2.33. The van der Waals surface area contributed by atoms with Crippen molar-refractivity contribution in [3.05, 3.63) is 81.3 Å². The Morgan fingerprint density at radius 3 is 2.47 bits per heavy atom. The molecule has 0 aliphatic rings. The minimum Gasteiger partial charge on any atom is -0.496 e. The molecular formula is C23H17Cl2F3N4O2. The minimum absolute atomic E-state index is 0.0481. The molecule has 1 amide bonds. The number of nitrogens with one attached hydrogen (secondary N) is 3. The van der Waals surface area contributed by atoms with Crippen LogP contribution in [0.2, 0.25) is 10.0 Å². The number of alkyl halides is 3. The highest BCUT2D eigenvalue weighted by molar-refractivity contribution is 6.39. The van der Waals surface area contributed by atoms with Crippen LogP contribution in [0.15, 0.2) is 54.6 Å². The first-order valence-electron chi connectivity index (χ1n) is 9.89. The number of rotatable bonds is 6. The van der Waals surface area contributed by atoms with E-state index in [1.54, 1.807) is 24.3 Å². The Bertz CT molecular complexity index is 1350. The van der Waals surface area contributed by atoms with E-state index in [0.29, 0.717) is 32.7 Å². The third-order valence-corrected chi connectivity index (χ3v) is 5.65. The van der Waals surface area contributed by atoms with Crippen molar-refractivity contribution in [1.29, 1.82) is 0 Å². The fraction of sp³-hybridized carbons (Fsp3) is 0.130. The van der Waals surface area contributed by atoms with Crippen molar-refractivity contribution in [1.82, 2.24) is 15.3 Å². The van der Waals surface area contributed by atoms with Gasteiger partial charge in [0, 0.05) is 12.6 Å². The molecule has 1 aromatic heterocycles. The van der Waals surface area contributed by atoms with E-state index in [2.05, 4.69) is 20.6 Å². The normalized spacial score (nSPS) is 11.5. The molecule has 11 heteroatoms. The summed E-state index contributed by atoms with van der Waals surface area (Å²) in [5.41, 5.74) is 0.714. The molecular weight excluding hydrogens is 492 g/mol. The summed E-state index contributed by atoms with van der Waals surface area (Å²) in [5.74, 6) is -0.0689. The average Bonchev–Trinajstić information content (AvgIpc) is 3.20. The lowest BCUT2D eigenvalue weighted by atomic mass is 10.1. The SMILES string of the molecule is COc1cc2nc(Nc3c(Cl)cccc3Cl)[nH]c2cc1C(=O)NCc1ccccc1C(F)(F)F. The van der Waals surface area contributed by atoms with E-state index >= 15 is 0 Å². The van der Waals surface area contributed by atoms with E-state index in [-0.39, 0.29) is 23.4 Å². The number of ether oxygens (including phenoxy) is 1. The van der Waals surface area contributed by atoms with E-state index in [0.717, 1.165) is 6.07 Å². The van der Waals surface area contributed by atoms with Crippen LogP contribution in [-0.4, -0.2) is 23.0 Å². The second-order valence-corrected chi connectivity index (χ2v) is 8.03. The average molecular weight is 509 g/mol. The van der Waals surface area contributed by atoms with Gasteiger partial charge in [-0.25, -0.2) is 4.98 Å². The van der Waals surface area contributed by atoms with Crippen molar-refractivity contribution in [2.75, 3.05) is 12.4 Å². The number of aromatic amines is 1. The van der Waals surface area contributed by atoms with Crippen LogP contribution in [0.5, 0.6) is 5.75 Å². The lowest BCUT2D eigenvalue weighted by Gasteiger charge is -2.14.